The van der Waals surface area contributed by atoms with Crippen molar-refractivity contribution in [3.8, 4) is 0 Å². The third kappa shape index (κ3) is 44.6. The van der Waals surface area contributed by atoms with Crippen LogP contribution in [-0.4, -0.2) is 37.9 Å². The lowest BCUT2D eigenvalue weighted by Gasteiger charge is -2.18. The highest BCUT2D eigenvalue weighted by atomic mass is 16.6. The summed E-state index contributed by atoms with van der Waals surface area (Å²) >= 11 is 0. The van der Waals surface area contributed by atoms with E-state index in [4.69, 9.17) is 14.2 Å². The normalized spacial score (nSPS) is 12.6. The molecule has 1 unspecified atom stereocenters. The molecule has 0 saturated heterocycles. The maximum absolute atomic E-state index is 12.7. The number of ether oxygens (including phenoxy) is 3. The third-order valence-electron chi connectivity index (χ3n) is 10.3. The Morgan fingerprint density at radius 2 is 0.750 bits per heavy atom. The number of unbranched alkanes of at least 4 members (excludes halogenated alkanes) is 25. The topological polar surface area (TPSA) is 61.8 Å². The predicted molar refractivity (Wildman–Crippen MR) is 242 cm³/mol. The smallest absolute Gasteiger partial charge is 0.306 e. The first kappa shape index (κ1) is 53.9. The minimum atomic E-state index is -0.538. The standard InChI is InChI=1S/C51H92O5/c1-4-7-10-13-16-18-20-22-24-26-28-30-32-34-36-38-41-44-50(52)55-48-49(47-54-46-43-40-15-12-9-6-3)56-51(53)45-42-39-37-35-33-31-29-27-25-23-21-19-17-14-11-8-5-2/h16-19,22-25,49H,4-15,20-21,26-48H2,1-3H3/b18-16-,19-17-,24-22-,25-23-. The van der Waals surface area contributed by atoms with E-state index < -0.39 is 6.10 Å². The highest BCUT2D eigenvalue weighted by Gasteiger charge is 2.17. The molecule has 0 radical (unpaired) electrons. The molecule has 326 valence electrons. The van der Waals surface area contributed by atoms with Gasteiger partial charge in [0.1, 0.15) is 6.61 Å². The second-order valence-electron chi connectivity index (χ2n) is 16.0. The molecule has 0 spiro atoms. The summed E-state index contributed by atoms with van der Waals surface area (Å²) in [5, 5.41) is 0. The summed E-state index contributed by atoms with van der Waals surface area (Å²) < 4.78 is 17.2. The van der Waals surface area contributed by atoms with Crippen molar-refractivity contribution in [1.82, 2.24) is 0 Å². The number of carbonyl (C=O) groups excluding carboxylic acids is 2. The van der Waals surface area contributed by atoms with Crippen molar-refractivity contribution in [3.05, 3.63) is 48.6 Å². The third-order valence-corrected chi connectivity index (χ3v) is 10.3. The van der Waals surface area contributed by atoms with Crippen LogP contribution in [0.25, 0.3) is 0 Å². The maximum atomic E-state index is 12.7. The van der Waals surface area contributed by atoms with E-state index in [2.05, 4.69) is 69.4 Å². The van der Waals surface area contributed by atoms with Crippen LogP contribution >= 0.6 is 0 Å². The SMILES string of the molecule is CCCCC/C=C\C/C=C\CCCCCCCCCC(=O)OCC(COCCCCCCCC)OC(=O)CCCCCCCCC/C=C\C/C=C\CCCCC. The Morgan fingerprint density at radius 3 is 1.21 bits per heavy atom. The number of rotatable bonds is 44. The minimum Gasteiger partial charge on any atom is -0.462 e. The van der Waals surface area contributed by atoms with Gasteiger partial charge in [0.2, 0.25) is 0 Å². The first-order chi connectivity index (χ1) is 27.6. The maximum Gasteiger partial charge on any atom is 0.306 e. The average Bonchev–Trinajstić information content (AvgIpc) is 3.20. The van der Waals surface area contributed by atoms with Crippen LogP contribution in [-0.2, 0) is 23.8 Å². The Labute approximate surface area is 348 Å². The van der Waals surface area contributed by atoms with Gasteiger partial charge in [-0.3, -0.25) is 9.59 Å². The minimum absolute atomic E-state index is 0.0791. The van der Waals surface area contributed by atoms with Crippen molar-refractivity contribution < 1.29 is 23.8 Å². The number of allylic oxidation sites excluding steroid dienone is 8. The Balaban J connectivity index is 4.11. The lowest BCUT2D eigenvalue weighted by Crippen LogP contribution is -2.30. The molecule has 0 aromatic heterocycles. The number of hydrogen-bond donors (Lipinski definition) is 0. The molecular weight excluding hydrogens is 693 g/mol. The molecule has 0 aromatic rings. The Bertz CT molecular complexity index is 935. The van der Waals surface area contributed by atoms with Crippen molar-refractivity contribution >= 4 is 11.9 Å². The summed E-state index contributed by atoms with van der Waals surface area (Å²) in [6, 6.07) is 0. The Hall–Kier alpha value is -2.14. The molecule has 0 rings (SSSR count). The molecule has 5 nitrogen and oxygen atoms in total. The number of hydrogen-bond acceptors (Lipinski definition) is 5. The van der Waals surface area contributed by atoms with Crippen LogP contribution in [0.3, 0.4) is 0 Å². The van der Waals surface area contributed by atoms with Gasteiger partial charge >= 0.3 is 11.9 Å². The molecule has 0 saturated carbocycles. The summed E-state index contributed by atoms with van der Waals surface area (Å²) in [6.07, 6.45) is 56.9. The molecule has 0 bridgehead atoms. The van der Waals surface area contributed by atoms with Gasteiger partial charge in [-0.05, 0) is 83.5 Å². The fourth-order valence-corrected chi connectivity index (χ4v) is 6.69. The van der Waals surface area contributed by atoms with Gasteiger partial charge < -0.3 is 14.2 Å². The van der Waals surface area contributed by atoms with Crippen molar-refractivity contribution in [2.24, 2.45) is 0 Å². The van der Waals surface area contributed by atoms with E-state index >= 15 is 0 Å². The molecule has 5 heteroatoms. The van der Waals surface area contributed by atoms with Crippen molar-refractivity contribution in [2.75, 3.05) is 19.8 Å². The van der Waals surface area contributed by atoms with Crippen LogP contribution in [0.15, 0.2) is 48.6 Å². The lowest BCUT2D eigenvalue weighted by atomic mass is 10.1. The van der Waals surface area contributed by atoms with E-state index in [9.17, 15) is 9.59 Å². The van der Waals surface area contributed by atoms with Gasteiger partial charge in [0.05, 0.1) is 6.61 Å². The van der Waals surface area contributed by atoms with Crippen LogP contribution in [0.2, 0.25) is 0 Å². The molecular formula is C51H92O5. The van der Waals surface area contributed by atoms with Crippen LogP contribution in [0.1, 0.15) is 239 Å². The molecule has 56 heavy (non-hydrogen) atoms. The van der Waals surface area contributed by atoms with E-state index in [1.165, 1.54) is 141 Å². The largest absolute Gasteiger partial charge is 0.462 e. The van der Waals surface area contributed by atoms with Crippen molar-refractivity contribution in [1.29, 1.82) is 0 Å². The number of esters is 2. The number of carbonyl (C=O) groups is 2. The monoisotopic (exact) mass is 785 g/mol. The van der Waals surface area contributed by atoms with E-state index in [-0.39, 0.29) is 25.2 Å². The Morgan fingerprint density at radius 1 is 0.393 bits per heavy atom. The van der Waals surface area contributed by atoms with E-state index in [0.717, 1.165) is 64.2 Å². The van der Waals surface area contributed by atoms with Gasteiger partial charge in [0, 0.05) is 19.4 Å². The van der Waals surface area contributed by atoms with Crippen LogP contribution in [0.4, 0.5) is 0 Å². The van der Waals surface area contributed by atoms with Gasteiger partial charge in [-0.1, -0.05) is 191 Å². The zero-order valence-corrected chi connectivity index (χ0v) is 37.4. The van der Waals surface area contributed by atoms with Crippen LogP contribution < -0.4 is 0 Å². The zero-order valence-electron chi connectivity index (χ0n) is 37.4. The van der Waals surface area contributed by atoms with Gasteiger partial charge in [-0.25, -0.2) is 0 Å². The van der Waals surface area contributed by atoms with Crippen LogP contribution in [0.5, 0.6) is 0 Å². The first-order valence-corrected chi connectivity index (χ1v) is 24.2. The van der Waals surface area contributed by atoms with Crippen molar-refractivity contribution in [3.63, 3.8) is 0 Å². The van der Waals surface area contributed by atoms with Gasteiger partial charge in [0.25, 0.3) is 0 Å². The molecule has 0 amide bonds. The summed E-state index contributed by atoms with van der Waals surface area (Å²) in [5.41, 5.74) is 0. The summed E-state index contributed by atoms with van der Waals surface area (Å²) in [5.74, 6) is -0.413. The molecule has 0 aromatic carbocycles. The zero-order chi connectivity index (χ0) is 40.7. The van der Waals surface area contributed by atoms with Crippen LogP contribution in [0, 0.1) is 0 Å². The molecule has 0 heterocycles. The van der Waals surface area contributed by atoms with E-state index in [1.54, 1.807) is 0 Å². The second-order valence-corrected chi connectivity index (χ2v) is 16.0. The molecule has 0 aliphatic heterocycles. The average molecular weight is 785 g/mol. The van der Waals surface area contributed by atoms with Gasteiger partial charge in [-0.2, -0.15) is 0 Å². The first-order valence-electron chi connectivity index (χ1n) is 24.2. The van der Waals surface area contributed by atoms with E-state index in [0.29, 0.717) is 19.4 Å². The van der Waals surface area contributed by atoms with Crippen molar-refractivity contribution in [2.45, 2.75) is 245 Å². The highest BCUT2D eigenvalue weighted by Crippen LogP contribution is 2.14. The molecule has 0 fully saturated rings. The highest BCUT2D eigenvalue weighted by molar-refractivity contribution is 5.70. The molecule has 1 atom stereocenters. The van der Waals surface area contributed by atoms with E-state index in [1.807, 2.05) is 0 Å². The predicted octanol–water partition coefficient (Wildman–Crippen LogP) is 16.0. The van der Waals surface area contributed by atoms with Gasteiger partial charge in [0.15, 0.2) is 6.10 Å². The molecule has 0 aliphatic rings. The van der Waals surface area contributed by atoms with Gasteiger partial charge in [-0.15, -0.1) is 0 Å². The summed E-state index contributed by atoms with van der Waals surface area (Å²) in [7, 11) is 0. The quantitative estimate of drug-likeness (QED) is 0.0350. The fourth-order valence-electron chi connectivity index (χ4n) is 6.69. The second kappa shape index (κ2) is 47.2. The Kier molecular flexibility index (Phi) is 45.4. The molecule has 0 N–H and O–H groups in total. The molecule has 0 aliphatic carbocycles. The lowest BCUT2D eigenvalue weighted by molar-refractivity contribution is -0.163. The summed E-state index contributed by atoms with van der Waals surface area (Å²) in [4.78, 5) is 25.2. The fraction of sp³-hybridized carbons (Fsp3) is 0.804. The summed E-state index contributed by atoms with van der Waals surface area (Å²) in [6.45, 7) is 7.74.